The van der Waals surface area contributed by atoms with Crippen molar-refractivity contribution >= 4 is 11.0 Å². The van der Waals surface area contributed by atoms with Crippen molar-refractivity contribution in [1.82, 2.24) is 10.5 Å². The van der Waals surface area contributed by atoms with E-state index in [1.54, 1.807) is 6.07 Å². The van der Waals surface area contributed by atoms with Crippen LogP contribution in [0.25, 0.3) is 22.2 Å². The number of hydrogen-bond acceptors (Lipinski definition) is 5. The number of aromatic nitrogens is 1. The summed E-state index contributed by atoms with van der Waals surface area (Å²) >= 11 is 0. The summed E-state index contributed by atoms with van der Waals surface area (Å²) in [4.78, 5) is 0. The molecule has 2 atom stereocenters. The number of benzene rings is 3. The molecule has 0 radical (unpaired) electrons. The van der Waals surface area contributed by atoms with E-state index >= 15 is 0 Å². The SMILES string of the molecule is O[C@H](CNC1CCc2ccccc21)COc1cccc(-c2noc3cc(F)ccc23)c1. The molecule has 6 heteroatoms. The molecule has 0 amide bonds. The van der Waals surface area contributed by atoms with Gasteiger partial charge in [0.05, 0.1) is 0 Å². The zero-order valence-electron chi connectivity index (χ0n) is 16.9. The minimum absolute atomic E-state index is 0.176. The van der Waals surface area contributed by atoms with Crippen LogP contribution in [0.1, 0.15) is 23.6 Å². The molecule has 31 heavy (non-hydrogen) atoms. The van der Waals surface area contributed by atoms with Gasteiger partial charge >= 0.3 is 0 Å². The Morgan fingerprint density at radius 1 is 1.13 bits per heavy atom. The lowest BCUT2D eigenvalue weighted by atomic mass is 10.1. The van der Waals surface area contributed by atoms with Crippen molar-refractivity contribution in [2.24, 2.45) is 0 Å². The maximum atomic E-state index is 13.4. The molecule has 3 aromatic carbocycles. The fourth-order valence-electron chi connectivity index (χ4n) is 4.15. The first-order chi connectivity index (χ1) is 15.2. The molecule has 0 saturated heterocycles. The molecule has 0 spiro atoms. The molecule has 0 bridgehead atoms. The van der Waals surface area contributed by atoms with Crippen LogP contribution in [0.2, 0.25) is 0 Å². The Morgan fingerprint density at radius 2 is 2.03 bits per heavy atom. The molecule has 1 aliphatic carbocycles. The Kier molecular flexibility index (Phi) is 5.40. The number of aliphatic hydroxyl groups is 1. The second-order valence-electron chi connectivity index (χ2n) is 7.86. The molecule has 1 aromatic heterocycles. The first-order valence-electron chi connectivity index (χ1n) is 10.4. The predicted octanol–water partition coefficient (Wildman–Crippen LogP) is 4.65. The zero-order chi connectivity index (χ0) is 21.2. The lowest BCUT2D eigenvalue weighted by molar-refractivity contribution is 0.103. The topological polar surface area (TPSA) is 67.5 Å². The summed E-state index contributed by atoms with van der Waals surface area (Å²) in [6.07, 6.45) is 1.48. The predicted molar refractivity (Wildman–Crippen MR) is 116 cm³/mol. The van der Waals surface area contributed by atoms with Crippen molar-refractivity contribution in [1.29, 1.82) is 0 Å². The van der Waals surface area contributed by atoms with Gasteiger partial charge in [-0.25, -0.2) is 4.39 Å². The van der Waals surface area contributed by atoms with Gasteiger partial charge in [0.25, 0.3) is 0 Å². The largest absolute Gasteiger partial charge is 0.491 e. The quantitative estimate of drug-likeness (QED) is 0.457. The van der Waals surface area contributed by atoms with Gasteiger partial charge in [0.15, 0.2) is 5.58 Å². The molecule has 1 heterocycles. The van der Waals surface area contributed by atoms with E-state index < -0.39 is 6.10 Å². The van der Waals surface area contributed by atoms with Crippen LogP contribution < -0.4 is 10.1 Å². The van der Waals surface area contributed by atoms with Crippen LogP contribution in [0, 0.1) is 5.82 Å². The maximum absolute atomic E-state index is 13.4. The van der Waals surface area contributed by atoms with Gasteiger partial charge in [-0.15, -0.1) is 0 Å². The molecular weight excluding hydrogens is 395 g/mol. The minimum Gasteiger partial charge on any atom is -0.491 e. The first kappa shape index (κ1) is 19.7. The standard InChI is InChI=1S/C25H23FN2O3/c26-18-9-10-22-24(13-18)31-28-25(22)17-5-3-6-20(12-17)30-15-19(29)14-27-23-11-8-16-4-1-2-7-21(16)23/h1-7,9-10,12-13,19,23,27,29H,8,11,14-15H2/t19-,23?/m1/s1. The smallest absolute Gasteiger partial charge is 0.170 e. The highest BCUT2D eigenvalue weighted by Crippen LogP contribution is 2.31. The highest BCUT2D eigenvalue weighted by molar-refractivity contribution is 5.91. The van der Waals surface area contributed by atoms with Gasteiger partial charge in [0.2, 0.25) is 0 Å². The Balaban J connectivity index is 1.20. The highest BCUT2D eigenvalue weighted by atomic mass is 19.1. The summed E-state index contributed by atoms with van der Waals surface area (Å²) in [5, 5.41) is 18.7. The van der Waals surface area contributed by atoms with Gasteiger partial charge in [-0.2, -0.15) is 0 Å². The van der Waals surface area contributed by atoms with Crippen molar-refractivity contribution in [3.05, 3.63) is 83.7 Å². The summed E-state index contributed by atoms with van der Waals surface area (Å²) in [7, 11) is 0. The first-order valence-corrected chi connectivity index (χ1v) is 10.4. The lowest BCUT2D eigenvalue weighted by Crippen LogP contribution is -2.33. The fraction of sp³-hybridized carbons (Fsp3) is 0.240. The van der Waals surface area contributed by atoms with E-state index in [4.69, 9.17) is 9.26 Å². The molecule has 0 fully saturated rings. The third-order valence-corrected chi connectivity index (χ3v) is 5.72. The lowest BCUT2D eigenvalue weighted by Gasteiger charge is -2.18. The van der Waals surface area contributed by atoms with Crippen molar-refractivity contribution < 1.29 is 18.8 Å². The molecular formula is C25H23FN2O3. The van der Waals surface area contributed by atoms with Crippen LogP contribution in [0.4, 0.5) is 4.39 Å². The van der Waals surface area contributed by atoms with Crippen LogP contribution in [0.3, 0.4) is 0 Å². The van der Waals surface area contributed by atoms with E-state index in [1.165, 1.54) is 23.3 Å². The number of aliphatic hydroxyl groups excluding tert-OH is 1. The van der Waals surface area contributed by atoms with E-state index in [-0.39, 0.29) is 18.5 Å². The normalized spacial score (nSPS) is 16.4. The monoisotopic (exact) mass is 418 g/mol. The van der Waals surface area contributed by atoms with Crippen molar-refractivity contribution in [2.45, 2.75) is 25.0 Å². The van der Waals surface area contributed by atoms with Gasteiger partial charge < -0.3 is 19.7 Å². The molecule has 2 N–H and O–H groups in total. The number of nitrogens with zero attached hydrogens (tertiary/aromatic N) is 1. The third kappa shape index (κ3) is 4.17. The number of nitrogens with one attached hydrogen (secondary N) is 1. The zero-order valence-corrected chi connectivity index (χ0v) is 16.9. The van der Waals surface area contributed by atoms with Gasteiger partial charge in [-0.05, 0) is 48.2 Å². The molecule has 5 rings (SSSR count). The average Bonchev–Trinajstić information content (AvgIpc) is 3.40. The van der Waals surface area contributed by atoms with E-state index in [2.05, 4.69) is 34.7 Å². The molecule has 1 unspecified atom stereocenters. The Labute approximate surface area is 179 Å². The second kappa shape index (κ2) is 8.49. The van der Waals surface area contributed by atoms with Gasteiger partial charge in [-0.1, -0.05) is 41.6 Å². The van der Waals surface area contributed by atoms with Gasteiger partial charge in [-0.3, -0.25) is 0 Å². The molecule has 0 saturated carbocycles. The summed E-state index contributed by atoms with van der Waals surface area (Å²) in [5.74, 6) is 0.261. The Bertz CT molecular complexity index is 1210. The number of aryl methyl sites for hydroxylation is 1. The van der Waals surface area contributed by atoms with Crippen LogP contribution in [0.5, 0.6) is 5.75 Å². The number of ether oxygens (including phenoxy) is 1. The van der Waals surface area contributed by atoms with E-state index in [0.29, 0.717) is 23.6 Å². The van der Waals surface area contributed by atoms with Crippen molar-refractivity contribution in [3.8, 4) is 17.0 Å². The van der Waals surface area contributed by atoms with Gasteiger partial charge in [0, 0.05) is 29.6 Å². The maximum Gasteiger partial charge on any atom is 0.170 e. The highest BCUT2D eigenvalue weighted by Gasteiger charge is 2.22. The fourth-order valence-corrected chi connectivity index (χ4v) is 4.15. The molecule has 5 nitrogen and oxygen atoms in total. The minimum atomic E-state index is -0.632. The molecule has 0 aliphatic heterocycles. The van der Waals surface area contributed by atoms with Gasteiger partial charge in [0.1, 0.15) is 30.0 Å². The number of rotatable bonds is 7. The number of fused-ring (bicyclic) bond motifs is 2. The summed E-state index contributed by atoms with van der Waals surface area (Å²) < 4.78 is 24.4. The Hall–Kier alpha value is -3.22. The van der Waals surface area contributed by atoms with E-state index in [0.717, 1.165) is 23.8 Å². The summed E-state index contributed by atoms with van der Waals surface area (Å²) in [6, 6.07) is 20.5. The summed E-state index contributed by atoms with van der Waals surface area (Å²) in [5.41, 5.74) is 4.53. The van der Waals surface area contributed by atoms with Crippen molar-refractivity contribution in [2.75, 3.05) is 13.2 Å². The van der Waals surface area contributed by atoms with Crippen LogP contribution in [-0.2, 0) is 6.42 Å². The Morgan fingerprint density at radius 3 is 2.97 bits per heavy atom. The van der Waals surface area contributed by atoms with E-state index in [9.17, 15) is 9.50 Å². The third-order valence-electron chi connectivity index (χ3n) is 5.72. The second-order valence-corrected chi connectivity index (χ2v) is 7.86. The molecule has 158 valence electrons. The van der Waals surface area contributed by atoms with Crippen LogP contribution in [-0.4, -0.2) is 29.5 Å². The summed E-state index contributed by atoms with van der Waals surface area (Å²) in [6.45, 7) is 0.633. The average molecular weight is 418 g/mol. The van der Waals surface area contributed by atoms with Crippen LogP contribution >= 0.6 is 0 Å². The van der Waals surface area contributed by atoms with Crippen LogP contribution in [0.15, 0.2) is 71.3 Å². The van der Waals surface area contributed by atoms with Crippen molar-refractivity contribution in [3.63, 3.8) is 0 Å². The number of halogens is 1. The van der Waals surface area contributed by atoms with E-state index in [1.807, 2.05) is 24.3 Å². The number of hydrogen-bond donors (Lipinski definition) is 2. The molecule has 4 aromatic rings. The molecule has 1 aliphatic rings.